The fourth-order valence-electron chi connectivity index (χ4n) is 0.916. The lowest BCUT2D eigenvalue weighted by molar-refractivity contribution is -0.108. The van der Waals surface area contributed by atoms with E-state index in [1.165, 1.54) is 0 Å². The lowest BCUT2D eigenvalue weighted by Gasteiger charge is -2.03. The molecule has 1 rings (SSSR count). The number of carbonyl (C=O) groups excluding carboxylic acids is 1. The van der Waals surface area contributed by atoms with Crippen LogP contribution in [0.15, 0.2) is 24.3 Å². The Morgan fingerprint density at radius 1 is 1.31 bits per heavy atom. The summed E-state index contributed by atoms with van der Waals surface area (Å²) in [6.45, 7) is 0.441. The standard InChI is InChI=1S/C10H12O3/c11-6-1-7-13-10-4-2-9(8-12)3-5-10/h2-6,12H,1,7-8H2. The average molecular weight is 180 g/mol. The summed E-state index contributed by atoms with van der Waals surface area (Å²) in [6, 6.07) is 7.12. The second-order valence-electron chi connectivity index (χ2n) is 2.61. The minimum atomic E-state index is 0.0363. The molecule has 3 heteroatoms. The number of aldehydes is 1. The van der Waals surface area contributed by atoms with E-state index in [0.29, 0.717) is 13.0 Å². The van der Waals surface area contributed by atoms with Gasteiger partial charge in [0.25, 0.3) is 0 Å². The zero-order chi connectivity index (χ0) is 9.52. The summed E-state index contributed by atoms with van der Waals surface area (Å²) >= 11 is 0. The normalized spacial score (nSPS) is 9.62. The summed E-state index contributed by atoms with van der Waals surface area (Å²) in [5.74, 6) is 0.721. The van der Waals surface area contributed by atoms with Crippen molar-refractivity contribution in [3.63, 3.8) is 0 Å². The van der Waals surface area contributed by atoms with Crippen molar-refractivity contribution in [2.45, 2.75) is 13.0 Å². The van der Waals surface area contributed by atoms with Gasteiger partial charge in [0.2, 0.25) is 0 Å². The molecule has 1 aromatic carbocycles. The molecule has 3 nitrogen and oxygen atoms in total. The highest BCUT2D eigenvalue weighted by molar-refractivity contribution is 5.49. The monoisotopic (exact) mass is 180 g/mol. The van der Waals surface area contributed by atoms with Gasteiger partial charge in [0, 0.05) is 6.42 Å². The summed E-state index contributed by atoms with van der Waals surface area (Å²) in [7, 11) is 0. The van der Waals surface area contributed by atoms with E-state index >= 15 is 0 Å². The Balaban J connectivity index is 2.44. The van der Waals surface area contributed by atoms with Crippen LogP contribution in [0.5, 0.6) is 5.75 Å². The summed E-state index contributed by atoms with van der Waals surface area (Å²) in [5.41, 5.74) is 0.850. The quantitative estimate of drug-likeness (QED) is 0.546. The van der Waals surface area contributed by atoms with E-state index in [1.807, 2.05) is 0 Å². The number of hydrogen-bond donors (Lipinski definition) is 1. The van der Waals surface area contributed by atoms with E-state index in [2.05, 4.69) is 0 Å². The number of carbonyl (C=O) groups is 1. The van der Waals surface area contributed by atoms with Crippen molar-refractivity contribution < 1.29 is 14.6 Å². The molecular weight excluding hydrogens is 168 g/mol. The van der Waals surface area contributed by atoms with Crippen molar-refractivity contribution in [3.8, 4) is 5.75 Å². The molecule has 0 aliphatic heterocycles. The topological polar surface area (TPSA) is 46.5 Å². The number of ether oxygens (including phenoxy) is 1. The maximum atomic E-state index is 9.98. The van der Waals surface area contributed by atoms with Crippen LogP contribution in [0.25, 0.3) is 0 Å². The number of aliphatic hydroxyl groups excluding tert-OH is 1. The second-order valence-corrected chi connectivity index (χ2v) is 2.61. The molecule has 0 radical (unpaired) electrons. The molecule has 70 valence electrons. The minimum absolute atomic E-state index is 0.0363. The van der Waals surface area contributed by atoms with Gasteiger partial charge in [0.1, 0.15) is 12.0 Å². The molecule has 0 bridgehead atoms. The molecule has 0 unspecified atom stereocenters. The smallest absolute Gasteiger partial charge is 0.123 e. The predicted octanol–water partition coefficient (Wildman–Crippen LogP) is 1.15. The van der Waals surface area contributed by atoms with Gasteiger partial charge in [-0.1, -0.05) is 12.1 Å². The zero-order valence-corrected chi connectivity index (χ0v) is 7.27. The van der Waals surface area contributed by atoms with Crippen molar-refractivity contribution in [2.24, 2.45) is 0 Å². The highest BCUT2D eigenvalue weighted by Gasteiger charge is 1.93. The fraction of sp³-hybridized carbons (Fsp3) is 0.300. The van der Waals surface area contributed by atoms with Gasteiger partial charge in [-0.15, -0.1) is 0 Å². The second kappa shape index (κ2) is 5.32. The molecule has 0 spiro atoms. The van der Waals surface area contributed by atoms with Crippen LogP contribution >= 0.6 is 0 Å². The Kier molecular flexibility index (Phi) is 3.99. The fourth-order valence-corrected chi connectivity index (χ4v) is 0.916. The summed E-state index contributed by atoms with van der Waals surface area (Å²) < 4.78 is 5.23. The van der Waals surface area contributed by atoms with Gasteiger partial charge in [0.15, 0.2) is 0 Å². The van der Waals surface area contributed by atoms with Crippen LogP contribution in [0.4, 0.5) is 0 Å². The SMILES string of the molecule is O=CCCOc1ccc(CO)cc1. The molecule has 0 aliphatic rings. The maximum absolute atomic E-state index is 9.98. The molecule has 0 fully saturated rings. The highest BCUT2D eigenvalue weighted by atomic mass is 16.5. The predicted molar refractivity (Wildman–Crippen MR) is 48.5 cm³/mol. The van der Waals surface area contributed by atoms with E-state index < -0.39 is 0 Å². The van der Waals surface area contributed by atoms with Gasteiger partial charge in [-0.25, -0.2) is 0 Å². The first-order valence-corrected chi connectivity index (χ1v) is 4.13. The van der Waals surface area contributed by atoms with Gasteiger partial charge in [0.05, 0.1) is 13.2 Å². The molecule has 0 amide bonds. The number of aliphatic hydroxyl groups is 1. The van der Waals surface area contributed by atoms with Gasteiger partial charge in [-0.2, -0.15) is 0 Å². The molecule has 0 saturated carbocycles. The van der Waals surface area contributed by atoms with Crippen LogP contribution in [-0.4, -0.2) is 18.0 Å². The third-order valence-electron chi connectivity index (χ3n) is 1.61. The van der Waals surface area contributed by atoms with E-state index in [9.17, 15) is 4.79 Å². The third kappa shape index (κ3) is 3.25. The van der Waals surface area contributed by atoms with Crippen LogP contribution in [0.2, 0.25) is 0 Å². The van der Waals surface area contributed by atoms with Gasteiger partial charge in [-0.05, 0) is 17.7 Å². The largest absolute Gasteiger partial charge is 0.493 e. The molecular formula is C10H12O3. The molecule has 1 aromatic rings. The van der Waals surface area contributed by atoms with E-state index in [0.717, 1.165) is 17.6 Å². The van der Waals surface area contributed by atoms with E-state index in [4.69, 9.17) is 9.84 Å². The minimum Gasteiger partial charge on any atom is -0.493 e. The highest BCUT2D eigenvalue weighted by Crippen LogP contribution is 2.11. The number of rotatable bonds is 5. The average Bonchev–Trinajstić information content (AvgIpc) is 2.19. The molecule has 0 aliphatic carbocycles. The molecule has 1 N–H and O–H groups in total. The Morgan fingerprint density at radius 2 is 2.00 bits per heavy atom. The van der Waals surface area contributed by atoms with E-state index in [-0.39, 0.29) is 6.61 Å². The summed E-state index contributed by atoms with van der Waals surface area (Å²) in [5, 5.41) is 8.76. The molecule has 0 saturated heterocycles. The van der Waals surface area contributed by atoms with Crippen LogP contribution in [0, 0.1) is 0 Å². The van der Waals surface area contributed by atoms with Crippen LogP contribution in [-0.2, 0) is 11.4 Å². The van der Waals surface area contributed by atoms with Crippen LogP contribution in [0.1, 0.15) is 12.0 Å². The van der Waals surface area contributed by atoms with Crippen molar-refractivity contribution in [1.29, 1.82) is 0 Å². The summed E-state index contributed by atoms with van der Waals surface area (Å²) in [6.07, 6.45) is 1.23. The lowest BCUT2D eigenvalue weighted by atomic mass is 10.2. The first-order valence-electron chi connectivity index (χ1n) is 4.13. The van der Waals surface area contributed by atoms with Gasteiger partial charge >= 0.3 is 0 Å². The van der Waals surface area contributed by atoms with Gasteiger partial charge < -0.3 is 14.6 Å². The molecule has 0 atom stereocenters. The Labute approximate surface area is 77.0 Å². The number of hydrogen-bond acceptors (Lipinski definition) is 3. The zero-order valence-electron chi connectivity index (χ0n) is 7.27. The molecule has 0 heterocycles. The van der Waals surface area contributed by atoms with Crippen molar-refractivity contribution in [1.82, 2.24) is 0 Å². The lowest BCUT2D eigenvalue weighted by Crippen LogP contribution is -1.97. The van der Waals surface area contributed by atoms with E-state index in [1.54, 1.807) is 24.3 Å². The van der Waals surface area contributed by atoms with Crippen LogP contribution in [0.3, 0.4) is 0 Å². The summed E-state index contributed by atoms with van der Waals surface area (Å²) in [4.78, 5) is 9.98. The van der Waals surface area contributed by atoms with Crippen molar-refractivity contribution in [3.05, 3.63) is 29.8 Å². The molecule has 13 heavy (non-hydrogen) atoms. The molecule has 0 aromatic heterocycles. The Hall–Kier alpha value is -1.35. The van der Waals surface area contributed by atoms with Crippen molar-refractivity contribution in [2.75, 3.05) is 6.61 Å². The maximum Gasteiger partial charge on any atom is 0.123 e. The van der Waals surface area contributed by atoms with Gasteiger partial charge in [-0.3, -0.25) is 0 Å². The number of benzene rings is 1. The third-order valence-corrected chi connectivity index (χ3v) is 1.61. The van der Waals surface area contributed by atoms with Crippen LogP contribution < -0.4 is 4.74 Å². The Morgan fingerprint density at radius 3 is 2.54 bits per heavy atom. The van der Waals surface area contributed by atoms with Crippen molar-refractivity contribution >= 4 is 6.29 Å². The first kappa shape index (κ1) is 9.74. The first-order chi connectivity index (χ1) is 6.36. The Bertz CT molecular complexity index is 253.